The zero-order chi connectivity index (χ0) is 13.4. The van der Waals surface area contributed by atoms with Crippen molar-refractivity contribution in [1.82, 2.24) is 0 Å². The van der Waals surface area contributed by atoms with Crippen LogP contribution in [0.15, 0.2) is 24.3 Å². The molecule has 92 valence electrons. The highest BCUT2D eigenvalue weighted by Crippen LogP contribution is 2.13. The van der Waals surface area contributed by atoms with Gasteiger partial charge in [-0.05, 0) is 11.8 Å². The molecule has 0 aliphatic rings. The molecule has 0 aromatic heterocycles. The molecule has 2 N–H and O–H groups in total. The summed E-state index contributed by atoms with van der Waals surface area (Å²) in [5.41, 5.74) is 0.235. The van der Waals surface area contributed by atoms with E-state index in [9.17, 15) is 9.59 Å². The maximum atomic E-state index is 9.96. The summed E-state index contributed by atoms with van der Waals surface area (Å²) in [4.78, 5) is 19.8. The minimum Gasteiger partial charge on any atom is -0.478 e. The van der Waals surface area contributed by atoms with Crippen molar-refractivity contribution >= 4 is 11.9 Å². The fourth-order valence-electron chi connectivity index (χ4n) is 0.473. The van der Waals surface area contributed by atoms with Crippen molar-refractivity contribution in [3.05, 3.63) is 24.3 Å². The van der Waals surface area contributed by atoms with Crippen LogP contribution in [0.25, 0.3) is 0 Å². The van der Waals surface area contributed by atoms with E-state index in [1.165, 1.54) is 6.08 Å². The Morgan fingerprint density at radius 1 is 1.25 bits per heavy atom. The van der Waals surface area contributed by atoms with Crippen LogP contribution < -0.4 is 0 Å². The predicted octanol–water partition coefficient (Wildman–Crippen LogP) is 2.71. The van der Waals surface area contributed by atoms with Gasteiger partial charge in [0, 0.05) is 11.6 Å². The largest absolute Gasteiger partial charge is 0.478 e. The van der Waals surface area contributed by atoms with Crippen molar-refractivity contribution < 1.29 is 19.8 Å². The Kier molecular flexibility index (Phi) is 8.08. The number of carboxylic acid groups (broad SMARTS) is 2. The van der Waals surface area contributed by atoms with E-state index in [0.717, 1.165) is 0 Å². The average molecular weight is 228 g/mol. The van der Waals surface area contributed by atoms with Gasteiger partial charge >= 0.3 is 11.9 Å². The first-order valence-corrected chi connectivity index (χ1v) is 4.93. The maximum Gasteiger partial charge on any atom is 0.330 e. The molecule has 0 rings (SSSR count). The molecule has 0 aliphatic carbocycles. The second-order valence-electron chi connectivity index (χ2n) is 4.30. The molecular weight excluding hydrogens is 208 g/mol. The van der Waals surface area contributed by atoms with Gasteiger partial charge in [0.15, 0.2) is 0 Å². The maximum absolute atomic E-state index is 9.96. The van der Waals surface area contributed by atoms with Gasteiger partial charge in [-0.2, -0.15) is 0 Å². The summed E-state index contributed by atoms with van der Waals surface area (Å²) in [6.45, 7) is 10.9. The van der Waals surface area contributed by atoms with Crippen LogP contribution >= 0.6 is 0 Å². The Bertz CT molecular complexity index is 282. The van der Waals surface area contributed by atoms with Gasteiger partial charge < -0.3 is 10.2 Å². The summed E-state index contributed by atoms with van der Waals surface area (Å²) in [5.74, 6) is -1.78. The van der Waals surface area contributed by atoms with Crippen molar-refractivity contribution in [2.75, 3.05) is 0 Å². The lowest BCUT2D eigenvalue weighted by Crippen LogP contribution is -2.00. The van der Waals surface area contributed by atoms with Gasteiger partial charge in [-0.3, -0.25) is 0 Å². The molecule has 0 aliphatic heterocycles. The number of allylic oxidation sites excluding steroid dienone is 1. The van der Waals surface area contributed by atoms with Crippen LogP contribution in [0, 0.1) is 5.41 Å². The molecule has 0 saturated heterocycles. The minimum atomic E-state index is -0.900. The molecule has 0 aromatic rings. The highest BCUT2D eigenvalue weighted by atomic mass is 16.4. The quantitative estimate of drug-likeness (QED) is 0.728. The van der Waals surface area contributed by atoms with Crippen LogP contribution in [0.1, 0.15) is 34.1 Å². The standard InChI is InChI=1S/C7H12O2.C5H8O2/c1-7(2,3)5-4-6(8)9;1-3-4(2)5(6)7/h4-5H,1-3H3,(H,8,9);2-3H2,1H3,(H,6,7). The highest BCUT2D eigenvalue weighted by Gasteiger charge is 2.03. The number of aliphatic carboxylic acids is 2. The third-order valence-corrected chi connectivity index (χ3v) is 1.46. The summed E-state index contributed by atoms with van der Waals surface area (Å²) in [5, 5.41) is 16.3. The van der Waals surface area contributed by atoms with Crippen LogP contribution in [0.3, 0.4) is 0 Å². The minimum absolute atomic E-state index is 0.0294. The Balaban J connectivity index is 0. The number of carboxylic acids is 2. The Labute approximate surface area is 96.3 Å². The van der Waals surface area contributed by atoms with Crippen molar-refractivity contribution in [2.24, 2.45) is 5.41 Å². The summed E-state index contributed by atoms with van der Waals surface area (Å²) in [6.07, 6.45) is 3.35. The van der Waals surface area contributed by atoms with Crippen LogP contribution in [0.4, 0.5) is 0 Å². The zero-order valence-electron chi connectivity index (χ0n) is 10.3. The topological polar surface area (TPSA) is 74.6 Å². The van der Waals surface area contributed by atoms with Crippen LogP contribution in [0.2, 0.25) is 0 Å². The second kappa shape index (κ2) is 7.68. The fourth-order valence-corrected chi connectivity index (χ4v) is 0.473. The first-order chi connectivity index (χ1) is 7.10. The smallest absolute Gasteiger partial charge is 0.330 e. The van der Waals surface area contributed by atoms with Gasteiger partial charge in [0.05, 0.1) is 0 Å². The molecule has 0 amide bonds. The van der Waals surface area contributed by atoms with Crippen molar-refractivity contribution in [2.45, 2.75) is 34.1 Å². The fraction of sp³-hybridized carbons (Fsp3) is 0.500. The number of rotatable bonds is 3. The molecule has 0 spiro atoms. The van der Waals surface area contributed by atoms with E-state index in [-0.39, 0.29) is 11.0 Å². The number of carbonyl (C=O) groups is 2. The molecule has 0 aromatic carbocycles. The molecular formula is C12H20O4. The Morgan fingerprint density at radius 2 is 1.69 bits per heavy atom. The molecule has 0 saturated carbocycles. The number of hydrogen-bond acceptors (Lipinski definition) is 2. The van der Waals surface area contributed by atoms with Crippen LogP contribution in [-0.4, -0.2) is 22.2 Å². The third-order valence-electron chi connectivity index (χ3n) is 1.46. The van der Waals surface area contributed by atoms with Crippen LogP contribution in [0.5, 0.6) is 0 Å². The lowest BCUT2D eigenvalue weighted by Gasteiger charge is -2.09. The lowest BCUT2D eigenvalue weighted by molar-refractivity contribution is -0.133. The van der Waals surface area contributed by atoms with Crippen molar-refractivity contribution in [3.8, 4) is 0 Å². The van der Waals surface area contributed by atoms with E-state index in [4.69, 9.17) is 10.2 Å². The molecule has 4 nitrogen and oxygen atoms in total. The summed E-state index contributed by atoms with van der Waals surface area (Å²) in [7, 11) is 0. The summed E-state index contributed by atoms with van der Waals surface area (Å²) >= 11 is 0. The van der Waals surface area contributed by atoms with E-state index in [0.29, 0.717) is 6.42 Å². The van der Waals surface area contributed by atoms with E-state index < -0.39 is 11.9 Å². The van der Waals surface area contributed by atoms with E-state index in [1.54, 1.807) is 13.0 Å². The zero-order valence-corrected chi connectivity index (χ0v) is 10.3. The van der Waals surface area contributed by atoms with Gasteiger partial charge in [0.2, 0.25) is 0 Å². The van der Waals surface area contributed by atoms with E-state index >= 15 is 0 Å². The summed E-state index contributed by atoms with van der Waals surface area (Å²) in [6, 6.07) is 0. The molecule has 0 bridgehead atoms. The molecule has 0 atom stereocenters. The van der Waals surface area contributed by atoms with Gasteiger partial charge in [-0.1, -0.05) is 40.3 Å². The lowest BCUT2D eigenvalue weighted by atomic mass is 9.96. The highest BCUT2D eigenvalue weighted by molar-refractivity contribution is 5.85. The monoisotopic (exact) mass is 228 g/mol. The Hall–Kier alpha value is -1.58. The predicted molar refractivity (Wildman–Crippen MR) is 63.3 cm³/mol. The summed E-state index contributed by atoms with van der Waals surface area (Å²) < 4.78 is 0. The molecule has 4 heteroatoms. The number of hydrogen-bond donors (Lipinski definition) is 2. The SMILES string of the molecule is C=C(CC)C(=O)O.CC(C)(C)C=CC(=O)O. The normalized spacial score (nSPS) is 10.5. The first-order valence-electron chi connectivity index (χ1n) is 4.93. The molecule has 0 unspecified atom stereocenters. The molecule has 0 heterocycles. The second-order valence-corrected chi connectivity index (χ2v) is 4.30. The van der Waals surface area contributed by atoms with Gasteiger partial charge in [0.25, 0.3) is 0 Å². The van der Waals surface area contributed by atoms with Gasteiger partial charge in [-0.25, -0.2) is 9.59 Å². The Morgan fingerprint density at radius 3 is 1.75 bits per heavy atom. The third kappa shape index (κ3) is 14.9. The van der Waals surface area contributed by atoms with E-state index in [2.05, 4.69) is 6.58 Å². The van der Waals surface area contributed by atoms with E-state index in [1.807, 2.05) is 20.8 Å². The molecule has 16 heavy (non-hydrogen) atoms. The van der Waals surface area contributed by atoms with Crippen molar-refractivity contribution in [1.29, 1.82) is 0 Å². The van der Waals surface area contributed by atoms with Crippen LogP contribution in [-0.2, 0) is 9.59 Å². The van der Waals surface area contributed by atoms with Gasteiger partial charge in [-0.15, -0.1) is 0 Å². The average Bonchev–Trinajstić information content (AvgIpc) is 2.13. The molecule has 0 fully saturated rings. The van der Waals surface area contributed by atoms with Gasteiger partial charge in [0.1, 0.15) is 0 Å². The molecule has 0 radical (unpaired) electrons. The first kappa shape index (κ1) is 16.8. The van der Waals surface area contributed by atoms with Crippen molar-refractivity contribution in [3.63, 3.8) is 0 Å².